The summed E-state index contributed by atoms with van der Waals surface area (Å²) >= 11 is 0. The highest BCUT2D eigenvalue weighted by Gasteiger charge is 2.56. The molecule has 1 unspecified atom stereocenters. The first-order chi connectivity index (χ1) is 28.4. The van der Waals surface area contributed by atoms with Gasteiger partial charge in [-0.3, -0.25) is 14.2 Å². The number of benzene rings is 3. The van der Waals surface area contributed by atoms with Crippen molar-refractivity contribution in [3.63, 3.8) is 0 Å². The molecule has 14 nitrogen and oxygen atoms in total. The molecule has 0 aliphatic carbocycles. The van der Waals surface area contributed by atoms with Crippen LogP contribution in [0, 0.1) is 27.7 Å². The molecule has 1 amide bonds. The van der Waals surface area contributed by atoms with Gasteiger partial charge in [-0.15, -0.1) is 0 Å². The summed E-state index contributed by atoms with van der Waals surface area (Å²) in [7, 11) is -5.97. The number of aromatic carboxylic acids is 1. The van der Waals surface area contributed by atoms with Crippen molar-refractivity contribution < 1.29 is 41.7 Å². The molecule has 2 N–H and O–H groups in total. The van der Waals surface area contributed by atoms with Crippen LogP contribution in [0.25, 0.3) is 0 Å². The van der Waals surface area contributed by atoms with Gasteiger partial charge in [0.25, 0.3) is 15.9 Å². The predicted molar refractivity (Wildman–Crippen MR) is 232 cm³/mol. The fourth-order valence-corrected chi connectivity index (χ4v) is 8.87. The molecule has 4 heterocycles. The average Bonchev–Trinajstić information content (AvgIpc) is 3.89. The number of sulfonamides is 1. The van der Waals surface area contributed by atoms with E-state index < -0.39 is 58.5 Å². The molecule has 3 aromatic carbocycles. The lowest BCUT2D eigenvalue weighted by Gasteiger charge is -2.36. The maximum atomic E-state index is 13.8. The third kappa shape index (κ3) is 8.46. The van der Waals surface area contributed by atoms with Crippen molar-refractivity contribution in [3.05, 3.63) is 123 Å². The Morgan fingerprint density at radius 1 is 0.656 bits per heavy atom. The number of carbonyl (C=O) groups excluding carboxylic acids is 1. The second-order valence-corrected chi connectivity index (χ2v) is 19.6. The molecule has 0 bridgehead atoms. The second-order valence-electron chi connectivity index (χ2n) is 17.9. The monoisotopic (exact) mass is 849 g/mol. The minimum Gasteiger partial charge on any atom is -0.477 e. The second kappa shape index (κ2) is 15.7. The van der Waals surface area contributed by atoms with Gasteiger partial charge in [0.15, 0.2) is 0 Å². The number of nitrogens with one attached hydrogen (secondary N) is 1. The highest BCUT2D eigenvalue weighted by molar-refractivity contribution is 7.90. The molecule has 2 aliphatic heterocycles. The number of amides is 1. The van der Waals surface area contributed by atoms with Crippen LogP contribution < -0.4 is 15.9 Å². The molecule has 0 radical (unpaired) electrons. The Labute approximate surface area is 358 Å². The molecule has 0 saturated carbocycles. The Balaban J connectivity index is 1.14. The first kappa shape index (κ1) is 44.0. The third-order valence-corrected chi connectivity index (χ3v) is 14.0. The first-order valence-electron chi connectivity index (χ1n) is 20.3. The summed E-state index contributed by atoms with van der Waals surface area (Å²) < 4.78 is 57.3. The number of nitrogens with zero attached hydrogens (tertiary/aromatic N) is 4. The lowest BCUT2D eigenvalue weighted by Crippen LogP contribution is -2.46. The Kier molecular flexibility index (Phi) is 11.3. The van der Waals surface area contributed by atoms with E-state index in [2.05, 4.69) is 22.0 Å². The zero-order chi connectivity index (χ0) is 44.4. The molecule has 2 fully saturated rings. The lowest BCUT2D eigenvalue weighted by molar-refractivity contribution is -0.00878. The average molecular weight is 850 g/mol. The minimum atomic E-state index is -4.18. The summed E-state index contributed by atoms with van der Waals surface area (Å²) in [6, 6.07) is 20.8. The summed E-state index contributed by atoms with van der Waals surface area (Å²) in [4.78, 5) is 26.2. The molecule has 2 aromatic heterocycles. The van der Waals surface area contributed by atoms with E-state index >= 15 is 0 Å². The maximum Gasteiger partial charge on any atom is 0.516 e. The largest absolute Gasteiger partial charge is 0.516 e. The fraction of sp³-hybridized carbons (Fsp3) is 0.409. The van der Waals surface area contributed by atoms with Crippen molar-refractivity contribution in [2.45, 2.75) is 123 Å². The zero-order valence-electron chi connectivity index (χ0n) is 36.6. The number of carboxylic acid groups (broad SMARTS) is 1. The van der Waals surface area contributed by atoms with Crippen molar-refractivity contribution in [3.8, 4) is 0 Å². The molecule has 2 saturated heterocycles. The number of hydrogen-bond acceptors (Lipinski definition) is 10. The Hall–Kier alpha value is -5.06. The molecule has 17 heteroatoms. The highest BCUT2D eigenvalue weighted by Crippen LogP contribution is 2.40. The Bertz CT molecular complexity index is 2580. The van der Waals surface area contributed by atoms with E-state index in [1.165, 1.54) is 33.6 Å². The van der Waals surface area contributed by atoms with Gasteiger partial charge in [0.2, 0.25) is 0 Å². The van der Waals surface area contributed by atoms with Gasteiger partial charge in [0, 0.05) is 6.42 Å². The molecular weight excluding hydrogens is 796 g/mol. The molecular formula is C44H53B2N5O9S. The van der Waals surface area contributed by atoms with Gasteiger partial charge in [-0.2, -0.15) is 10.2 Å². The number of carboxylic acids is 1. The summed E-state index contributed by atoms with van der Waals surface area (Å²) in [6.07, 6.45) is 0.443. The molecule has 0 spiro atoms. The minimum absolute atomic E-state index is 0.0272. The van der Waals surface area contributed by atoms with Crippen molar-refractivity contribution in [1.82, 2.24) is 24.3 Å². The normalized spacial score (nSPS) is 19.4. The maximum absolute atomic E-state index is 13.8. The molecule has 5 aromatic rings. The van der Waals surface area contributed by atoms with Gasteiger partial charge in [-0.05, 0) is 139 Å². The smallest absolute Gasteiger partial charge is 0.477 e. The highest BCUT2D eigenvalue weighted by atomic mass is 32.2. The topological polar surface area (TPSA) is 173 Å². The van der Waals surface area contributed by atoms with Crippen LogP contribution in [0.15, 0.2) is 77.7 Å². The summed E-state index contributed by atoms with van der Waals surface area (Å²) in [5.74, 6) is -1.94. The van der Waals surface area contributed by atoms with Crippen LogP contribution in [0.3, 0.4) is 0 Å². The van der Waals surface area contributed by atoms with E-state index in [-0.39, 0.29) is 29.4 Å². The predicted octanol–water partition coefficient (Wildman–Crippen LogP) is 5.05. The Morgan fingerprint density at radius 2 is 1.13 bits per heavy atom. The zero-order valence-corrected chi connectivity index (χ0v) is 37.4. The van der Waals surface area contributed by atoms with Crippen molar-refractivity contribution in [2.75, 3.05) is 0 Å². The van der Waals surface area contributed by atoms with Gasteiger partial charge < -0.3 is 23.7 Å². The van der Waals surface area contributed by atoms with Crippen molar-refractivity contribution >= 4 is 47.3 Å². The van der Waals surface area contributed by atoms with Crippen LogP contribution in [0.1, 0.15) is 108 Å². The van der Waals surface area contributed by atoms with Crippen LogP contribution in [-0.4, -0.2) is 81.6 Å². The third-order valence-electron chi connectivity index (χ3n) is 12.7. The van der Waals surface area contributed by atoms with Crippen LogP contribution in [0.2, 0.25) is 0 Å². The van der Waals surface area contributed by atoms with Crippen LogP contribution in [-0.2, 0) is 48.2 Å². The van der Waals surface area contributed by atoms with Crippen molar-refractivity contribution in [1.29, 1.82) is 0 Å². The van der Waals surface area contributed by atoms with Crippen LogP contribution in [0.5, 0.6) is 0 Å². The Morgan fingerprint density at radius 3 is 1.67 bits per heavy atom. The lowest BCUT2D eigenvalue weighted by atomic mass is 9.81. The van der Waals surface area contributed by atoms with E-state index in [9.17, 15) is 23.1 Å². The molecule has 2 aliphatic rings. The fourth-order valence-electron chi connectivity index (χ4n) is 7.89. The number of hydrogen-bond donors (Lipinski definition) is 2. The standard InChI is InChI=1S/C44H53B2N5O9S/c1-27-16-15-17-28(2)33(27)25-50-35(39(52)49-61(55,56)32-18-13-12-14-19-32)22-37(47-50)46-59-43(9,10)44(11,60-46)24-31-20-29(3)34(30(4)21-31)26-51-36(40(53)54)23-38(48-51)45-57-41(5,6)42(7,8)58-45/h12-23H,24-26H2,1-11H3,(H,49,52)(H,53,54). The van der Waals surface area contributed by atoms with E-state index in [0.29, 0.717) is 17.6 Å². The van der Waals surface area contributed by atoms with E-state index in [0.717, 1.165) is 38.9 Å². The number of rotatable bonds is 12. The summed E-state index contributed by atoms with van der Waals surface area (Å²) in [5, 5.41) is 19.6. The van der Waals surface area contributed by atoms with Crippen LogP contribution in [0.4, 0.5) is 0 Å². The van der Waals surface area contributed by atoms with Gasteiger partial charge in [-0.25, -0.2) is 17.9 Å². The van der Waals surface area contributed by atoms with E-state index in [1.807, 2.05) is 94.4 Å². The number of aryl methyl sites for hydroxylation is 4. The van der Waals surface area contributed by atoms with Gasteiger partial charge in [0.05, 0.1) is 51.6 Å². The molecule has 1 atom stereocenters. The molecule has 320 valence electrons. The number of carbonyl (C=O) groups is 2. The quantitative estimate of drug-likeness (QED) is 0.161. The first-order valence-corrected chi connectivity index (χ1v) is 21.7. The van der Waals surface area contributed by atoms with Gasteiger partial charge in [0.1, 0.15) is 11.4 Å². The van der Waals surface area contributed by atoms with E-state index in [1.54, 1.807) is 18.2 Å². The number of aromatic nitrogens is 4. The molecule has 61 heavy (non-hydrogen) atoms. The van der Waals surface area contributed by atoms with Gasteiger partial charge >= 0.3 is 20.2 Å². The van der Waals surface area contributed by atoms with Gasteiger partial charge in [-0.1, -0.05) is 48.5 Å². The summed E-state index contributed by atoms with van der Waals surface area (Å²) in [5.41, 5.74) is 4.56. The molecule has 7 rings (SSSR count). The van der Waals surface area contributed by atoms with E-state index in [4.69, 9.17) is 23.7 Å². The SMILES string of the molecule is Cc1cc(CC2(C)OB(c3cc(C(=O)NS(=O)(=O)c4ccccc4)n(Cc4c(C)cccc4C)n3)OC2(C)C)cc(C)c1Cn1nc(B2OC(C)(C)C(C)(C)O2)cc1C(=O)O. The summed E-state index contributed by atoms with van der Waals surface area (Å²) in [6.45, 7) is 21.9. The van der Waals surface area contributed by atoms with Crippen molar-refractivity contribution in [2.24, 2.45) is 0 Å². The van der Waals surface area contributed by atoms with Crippen LogP contribution >= 0.6 is 0 Å².